The molecule has 2 rings (SSSR count). The van der Waals surface area contributed by atoms with Crippen LogP contribution in [0.25, 0.3) is 0 Å². The Kier molecular flexibility index (Phi) is 12.6. The smallest absolute Gasteiger partial charge is 0.191 e. The highest BCUT2D eigenvalue weighted by atomic mass is 127. The van der Waals surface area contributed by atoms with Gasteiger partial charge in [0.1, 0.15) is 12.2 Å². The fourth-order valence-electron chi connectivity index (χ4n) is 2.68. The number of nitrogens with zero attached hydrogens (tertiary/aromatic N) is 4. The molecule has 0 bridgehead atoms. The molecule has 1 fully saturated rings. The molecule has 0 aliphatic carbocycles. The summed E-state index contributed by atoms with van der Waals surface area (Å²) in [7, 11) is 0. The molecule has 0 aromatic carbocycles. The summed E-state index contributed by atoms with van der Waals surface area (Å²) in [6.45, 7) is 10.6. The van der Waals surface area contributed by atoms with E-state index in [0.717, 1.165) is 83.7 Å². The van der Waals surface area contributed by atoms with Crippen LogP contribution in [-0.2, 0) is 22.4 Å². The molecule has 2 heterocycles. The topological polar surface area (TPSA) is 85.6 Å². The maximum atomic E-state index is 5.43. The Bertz CT molecular complexity index is 505. The van der Waals surface area contributed by atoms with Crippen molar-refractivity contribution in [2.24, 2.45) is 10.9 Å². The van der Waals surface area contributed by atoms with Gasteiger partial charge < -0.3 is 24.7 Å². The van der Waals surface area contributed by atoms with Gasteiger partial charge in [-0.05, 0) is 19.8 Å². The lowest BCUT2D eigenvalue weighted by molar-refractivity contribution is 0.145. The number of aromatic nitrogens is 3. The first-order chi connectivity index (χ1) is 12.3. The van der Waals surface area contributed by atoms with E-state index in [1.54, 1.807) is 6.33 Å². The third-order valence-electron chi connectivity index (χ3n) is 4.15. The van der Waals surface area contributed by atoms with Crippen LogP contribution in [0.4, 0.5) is 0 Å². The van der Waals surface area contributed by atoms with Crippen molar-refractivity contribution in [1.29, 1.82) is 0 Å². The average molecular weight is 480 g/mol. The molecular weight excluding hydrogens is 447 g/mol. The van der Waals surface area contributed by atoms with Crippen molar-refractivity contribution in [2.75, 3.05) is 46.1 Å². The first-order valence-electron chi connectivity index (χ1n) is 9.37. The second-order valence-corrected chi connectivity index (χ2v) is 6.12. The van der Waals surface area contributed by atoms with E-state index in [9.17, 15) is 0 Å². The predicted molar refractivity (Wildman–Crippen MR) is 113 cm³/mol. The molecular formula is C17H33IN6O2. The monoisotopic (exact) mass is 480 g/mol. The van der Waals surface area contributed by atoms with Crippen LogP contribution in [0.1, 0.15) is 32.5 Å². The highest BCUT2D eigenvalue weighted by Crippen LogP contribution is 2.11. The van der Waals surface area contributed by atoms with Gasteiger partial charge >= 0.3 is 0 Å². The van der Waals surface area contributed by atoms with Gasteiger partial charge in [0, 0.05) is 58.3 Å². The van der Waals surface area contributed by atoms with Crippen molar-refractivity contribution < 1.29 is 9.47 Å². The van der Waals surface area contributed by atoms with Crippen LogP contribution >= 0.6 is 24.0 Å². The molecule has 2 N–H and O–H groups in total. The number of aryl methyl sites for hydroxylation is 1. The molecule has 1 aliphatic heterocycles. The summed E-state index contributed by atoms with van der Waals surface area (Å²) < 4.78 is 12.9. The Morgan fingerprint density at radius 1 is 1.38 bits per heavy atom. The minimum atomic E-state index is 0. The average Bonchev–Trinajstić information content (AvgIpc) is 3.30. The number of rotatable bonds is 11. The fourth-order valence-corrected chi connectivity index (χ4v) is 2.68. The first-order valence-corrected chi connectivity index (χ1v) is 9.37. The van der Waals surface area contributed by atoms with Gasteiger partial charge in [0.05, 0.1) is 6.61 Å². The number of halogens is 1. The van der Waals surface area contributed by atoms with Gasteiger partial charge in [0.25, 0.3) is 0 Å². The number of nitrogens with one attached hydrogen (secondary N) is 2. The molecule has 9 heteroatoms. The van der Waals surface area contributed by atoms with Crippen LogP contribution in [0.3, 0.4) is 0 Å². The highest BCUT2D eigenvalue weighted by Gasteiger charge is 2.15. The van der Waals surface area contributed by atoms with E-state index < -0.39 is 0 Å². The molecule has 0 amide bonds. The van der Waals surface area contributed by atoms with E-state index in [0.29, 0.717) is 5.92 Å². The van der Waals surface area contributed by atoms with E-state index in [1.807, 2.05) is 6.92 Å². The van der Waals surface area contributed by atoms with Gasteiger partial charge in [-0.2, -0.15) is 0 Å². The number of aliphatic imine (C=N–C) groups is 1. The van der Waals surface area contributed by atoms with Crippen molar-refractivity contribution >= 4 is 29.9 Å². The Morgan fingerprint density at radius 2 is 2.23 bits per heavy atom. The number of hydrogen-bond donors (Lipinski definition) is 2. The largest absolute Gasteiger partial charge is 0.382 e. The minimum Gasteiger partial charge on any atom is -0.382 e. The quantitative estimate of drug-likeness (QED) is 0.216. The lowest BCUT2D eigenvalue weighted by atomic mass is 10.1. The molecule has 0 saturated carbocycles. The maximum absolute atomic E-state index is 5.43. The van der Waals surface area contributed by atoms with Gasteiger partial charge in [0.15, 0.2) is 5.96 Å². The van der Waals surface area contributed by atoms with E-state index >= 15 is 0 Å². The Balaban J connectivity index is 0.00000338. The van der Waals surface area contributed by atoms with E-state index in [2.05, 4.69) is 32.3 Å². The molecule has 8 nitrogen and oxygen atoms in total. The van der Waals surface area contributed by atoms with Crippen molar-refractivity contribution in [3.63, 3.8) is 0 Å². The molecule has 0 radical (unpaired) electrons. The number of guanidine groups is 1. The third-order valence-corrected chi connectivity index (χ3v) is 4.15. The number of hydrogen-bond acceptors (Lipinski definition) is 5. The summed E-state index contributed by atoms with van der Waals surface area (Å²) in [5, 5.41) is 14.9. The summed E-state index contributed by atoms with van der Waals surface area (Å²) in [6, 6.07) is 0. The summed E-state index contributed by atoms with van der Waals surface area (Å²) in [6.07, 6.45) is 4.73. The third kappa shape index (κ3) is 8.63. The lowest BCUT2D eigenvalue weighted by Gasteiger charge is -2.14. The standard InChI is InChI=1S/C17H32N6O2.HI/c1-3-16-22-21-14-23(16)9-8-19-17(18-7-5-10-24-4-2)20-12-15-6-11-25-13-15;/h14-15H,3-13H2,1-2H3,(H2,18,19,20);1H. The lowest BCUT2D eigenvalue weighted by Crippen LogP contribution is -2.40. The van der Waals surface area contributed by atoms with Gasteiger partial charge in [-0.25, -0.2) is 0 Å². The van der Waals surface area contributed by atoms with Crippen molar-refractivity contribution in [3.05, 3.63) is 12.2 Å². The van der Waals surface area contributed by atoms with Gasteiger partial charge in [0.2, 0.25) is 0 Å². The van der Waals surface area contributed by atoms with Crippen molar-refractivity contribution in [2.45, 2.75) is 39.7 Å². The zero-order chi connectivity index (χ0) is 17.7. The minimum absolute atomic E-state index is 0. The first kappa shape index (κ1) is 23.1. The Labute approximate surface area is 173 Å². The SMILES string of the molecule is CCOCCCNC(=NCC1CCOC1)NCCn1cnnc1CC.I. The van der Waals surface area contributed by atoms with Crippen LogP contribution in [0.2, 0.25) is 0 Å². The van der Waals surface area contributed by atoms with Crippen LogP contribution < -0.4 is 10.6 Å². The van der Waals surface area contributed by atoms with Crippen molar-refractivity contribution in [1.82, 2.24) is 25.4 Å². The molecule has 1 atom stereocenters. The van der Waals surface area contributed by atoms with Gasteiger partial charge in [-0.3, -0.25) is 4.99 Å². The Morgan fingerprint density at radius 3 is 2.96 bits per heavy atom. The highest BCUT2D eigenvalue weighted by molar-refractivity contribution is 14.0. The molecule has 26 heavy (non-hydrogen) atoms. The van der Waals surface area contributed by atoms with E-state index in [1.165, 1.54) is 0 Å². The van der Waals surface area contributed by atoms with Crippen LogP contribution in [-0.4, -0.2) is 66.8 Å². The second-order valence-electron chi connectivity index (χ2n) is 6.12. The van der Waals surface area contributed by atoms with Crippen LogP contribution in [0.15, 0.2) is 11.3 Å². The Hall–Kier alpha value is -0.940. The zero-order valence-corrected chi connectivity index (χ0v) is 18.3. The van der Waals surface area contributed by atoms with Crippen molar-refractivity contribution in [3.8, 4) is 0 Å². The number of ether oxygens (including phenoxy) is 2. The molecule has 150 valence electrons. The predicted octanol–water partition coefficient (Wildman–Crippen LogP) is 1.46. The molecule has 1 saturated heterocycles. The van der Waals surface area contributed by atoms with Crippen LogP contribution in [0.5, 0.6) is 0 Å². The maximum Gasteiger partial charge on any atom is 0.191 e. The second kappa shape index (κ2) is 14.2. The van der Waals surface area contributed by atoms with E-state index in [4.69, 9.17) is 14.5 Å². The van der Waals surface area contributed by atoms with Gasteiger partial charge in [-0.15, -0.1) is 34.2 Å². The molecule has 1 aromatic rings. The summed E-state index contributed by atoms with van der Waals surface area (Å²) >= 11 is 0. The molecule has 1 unspecified atom stereocenters. The van der Waals surface area contributed by atoms with Gasteiger partial charge in [-0.1, -0.05) is 6.92 Å². The van der Waals surface area contributed by atoms with E-state index in [-0.39, 0.29) is 24.0 Å². The molecule has 0 spiro atoms. The summed E-state index contributed by atoms with van der Waals surface area (Å²) in [4.78, 5) is 4.72. The zero-order valence-electron chi connectivity index (χ0n) is 15.9. The normalized spacial score (nSPS) is 17.2. The molecule has 1 aliphatic rings. The fraction of sp³-hybridized carbons (Fsp3) is 0.824. The van der Waals surface area contributed by atoms with Crippen LogP contribution in [0, 0.1) is 5.92 Å². The summed E-state index contributed by atoms with van der Waals surface area (Å²) in [5.41, 5.74) is 0. The molecule has 1 aromatic heterocycles. The summed E-state index contributed by atoms with van der Waals surface area (Å²) in [5.74, 6) is 2.40.